The molecular formula is C17H24N4O2. The lowest BCUT2D eigenvalue weighted by molar-refractivity contribution is 0.405. The molecule has 0 aliphatic rings. The molecule has 0 bridgehead atoms. The number of aromatic nitrogens is 2. The molecule has 124 valence electrons. The van der Waals surface area contributed by atoms with E-state index in [9.17, 15) is 0 Å². The van der Waals surface area contributed by atoms with Crippen molar-refractivity contribution in [1.82, 2.24) is 9.97 Å². The Bertz CT molecular complexity index is 659. The first-order valence-electron chi connectivity index (χ1n) is 7.60. The first-order chi connectivity index (χ1) is 11.0. The number of ether oxygens (including phenoxy) is 2. The smallest absolute Gasteiger partial charge is 0.224 e. The first-order valence-corrected chi connectivity index (χ1v) is 7.60. The second kappa shape index (κ2) is 7.67. The van der Waals surface area contributed by atoms with E-state index in [2.05, 4.69) is 34.4 Å². The summed E-state index contributed by atoms with van der Waals surface area (Å²) in [7, 11) is 3.27. The lowest BCUT2D eigenvalue weighted by Crippen LogP contribution is -2.11. The lowest BCUT2D eigenvalue weighted by Gasteiger charge is -2.14. The fourth-order valence-electron chi connectivity index (χ4n) is 2.06. The van der Waals surface area contributed by atoms with Crippen LogP contribution in [0.25, 0.3) is 0 Å². The first kappa shape index (κ1) is 16.9. The van der Waals surface area contributed by atoms with Gasteiger partial charge in [0.1, 0.15) is 17.3 Å². The van der Waals surface area contributed by atoms with Gasteiger partial charge in [-0.3, -0.25) is 0 Å². The molecule has 0 aliphatic heterocycles. The highest BCUT2D eigenvalue weighted by Gasteiger charge is 2.08. The zero-order valence-electron chi connectivity index (χ0n) is 14.3. The van der Waals surface area contributed by atoms with Crippen molar-refractivity contribution >= 4 is 17.5 Å². The van der Waals surface area contributed by atoms with Crippen LogP contribution in [0.5, 0.6) is 11.5 Å². The van der Waals surface area contributed by atoms with Crippen LogP contribution in [0.1, 0.15) is 19.5 Å². The molecule has 1 aromatic carbocycles. The van der Waals surface area contributed by atoms with Gasteiger partial charge < -0.3 is 20.1 Å². The van der Waals surface area contributed by atoms with Crippen LogP contribution in [0.2, 0.25) is 0 Å². The van der Waals surface area contributed by atoms with E-state index in [4.69, 9.17) is 9.47 Å². The molecule has 0 unspecified atom stereocenters. The number of hydrogen-bond acceptors (Lipinski definition) is 6. The number of methoxy groups -OCH3 is 2. The fraction of sp³-hybridized carbons (Fsp3) is 0.412. The van der Waals surface area contributed by atoms with Gasteiger partial charge in [0, 0.05) is 24.4 Å². The number of rotatable bonds is 7. The molecule has 0 fully saturated rings. The quantitative estimate of drug-likeness (QED) is 0.813. The van der Waals surface area contributed by atoms with Crippen molar-refractivity contribution in [2.45, 2.75) is 20.8 Å². The monoisotopic (exact) mass is 316 g/mol. The normalized spacial score (nSPS) is 10.5. The summed E-state index contributed by atoms with van der Waals surface area (Å²) in [5.74, 6) is 3.31. The van der Waals surface area contributed by atoms with Crippen LogP contribution in [0, 0.1) is 12.8 Å². The number of hydrogen-bond donors (Lipinski definition) is 2. The summed E-state index contributed by atoms with van der Waals surface area (Å²) in [6.07, 6.45) is 0. The molecular weight excluding hydrogens is 292 g/mol. The van der Waals surface area contributed by atoms with Crippen LogP contribution in [0.3, 0.4) is 0 Å². The molecule has 0 atom stereocenters. The largest absolute Gasteiger partial charge is 0.497 e. The minimum Gasteiger partial charge on any atom is -0.497 e. The van der Waals surface area contributed by atoms with E-state index in [1.807, 2.05) is 31.2 Å². The van der Waals surface area contributed by atoms with E-state index in [0.29, 0.717) is 17.7 Å². The van der Waals surface area contributed by atoms with E-state index in [-0.39, 0.29) is 0 Å². The van der Waals surface area contributed by atoms with Gasteiger partial charge in [-0.2, -0.15) is 4.98 Å². The van der Waals surface area contributed by atoms with Crippen LogP contribution >= 0.6 is 0 Å². The van der Waals surface area contributed by atoms with Gasteiger partial charge in [-0.05, 0) is 25.0 Å². The van der Waals surface area contributed by atoms with Crippen molar-refractivity contribution in [1.29, 1.82) is 0 Å². The minimum absolute atomic E-state index is 0.522. The Balaban J connectivity index is 2.25. The maximum Gasteiger partial charge on any atom is 0.224 e. The number of nitrogens with zero attached hydrogens (tertiary/aromatic N) is 2. The molecule has 0 saturated carbocycles. The van der Waals surface area contributed by atoms with Crippen molar-refractivity contribution < 1.29 is 9.47 Å². The molecule has 6 heteroatoms. The molecule has 0 radical (unpaired) electrons. The number of aryl methyl sites for hydroxylation is 1. The van der Waals surface area contributed by atoms with E-state index >= 15 is 0 Å². The Morgan fingerprint density at radius 3 is 2.52 bits per heavy atom. The van der Waals surface area contributed by atoms with Crippen molar-refractivity contribution in [3.05, 3.63) is 30.0 Å². The van der Waals surface area contributed by atoms with Crippen LogP contribution in [-0.2, 0) is 0 Å². The van der Waals surface area contributed by atoms with Gasteiger partial charge >= 0.3 is 0 Å². The second-order valence-electron chi connectivity index (χ2n) is 5.68. The summed E-state index contributed by atoms with van der Waals surface area (Å²) in [6.45, 7) is 7.05. The molecule has 0 amide bonds. The van der Waals surface area contributed by atoms with Crippen molar-refractivity contribution in [2.75, 3.05) is 31.4 Å². The van der Waals surface area contributed by atoms with Gasteiger partial charge in [-0.25, -0.2) is 4.98 Å². The Morgan fingerprint density at radius 1 is 1.09 bits per heavy atom. The molecule has 0 aliphatic carbocycles. The van der Waals surface area contributed by atoms with Crippen LogP contribution < -0.4 is 20.1 Å². The van der Waals surface area contributed by atoms with Gasteiger partial charge in [0.05, 0.1) is 19.9 Å². The molecule has 23 heavy (non-hydrogen) atoms. The predicted octanol–water partition coefficient (Wildman–Crippen LogP) is 3.61. The highest BCUT2D eigenvalue weighted by atomic mass is 16.5. The fourth-order valence-corrected chi connectivity index (χ4v) is 2.06. The van der Waals surface area contributed by atoms with Crippen molar-refractivity contribution in [3.63, 3.8) is 0 Å². The summed E-state index contributed by atoms with van der Waals surface area (Å²) < 4.78 is 10.6. The lowest BCUT2D eigenvalue weighted by atomic mass is 10.2. The standard InChI is InChI=1S/C17H24N4O2/c1-11(2)10-18-17-19-12(3)8-16(21-17)20-14-9-13(22-4)6-7-15(14)23-5/h6-9,11H,10H2,1-5H3,(H2,18,19,20,21). The van der Waals surface area contributed by atoms with E-state index in [1.54, 1.807) is 14.2 Å². The van der Waals surface area contributed by atoms with E-state index in [0.717, 1.165) is 29.4 Å². The maximum absolute atomic E-state index is 5.38. The summed E-state index contributed by atoms with van der Waals surface area (Å²) in [5.41, 5.74) is 1.68. The second-order valence-corrected chi connectivity index (χ2v) is 5.68. The van der Waals surface area contributed by atoms with Crippen molar-refractivity contribution in [2.24, 2.45) is 5.92 Å². The molecule has 2 aromatic rings. The Hall–Kier alpha value is -2.50. The molecule has 0 spiro atoms. The van der Waals surface area contributed by atoms with Crippen LogP contribution in [0.15, 0.2) is 24.3 Å². The zero-order valence-corrected chi connectivity index (χ0v) is 14.3. The molecule has 1 aromatic heterocycles. The maximum atomic E-state index is 5.38. The van der Waals surface area contributed by atoms with Gasteiger partial charge in [0.15, 0.2) is 0 Å². The third-order valence-corrected chi connectivity index (χ3v) is 3.19. The van der Waals surface area contributed by atoms with Crippen molar-refractivity contribution in [3.8, 4) is 11.5 Å². The molecule has 1 heterocycles. The third kappa shape index (κ3) is 4.74. The number of nitrogens with one attached hydrogen (secondary N) is 2. The SMILES string of the molecule is COc1ccc(OC)c(Nc2cc(C)nc(NCC(C)C)n2)c1. The summed E-state index contributed by atoms with van der Waals surface area (Å²) in [6, 6.07) is 7.47. The van der Waals surface area contributed by atoms with Gasteiger partial charge in [0.2, 0.25) is 5.95 Å². The Kier molecular flexibility index (Phi) is 5.62. The van der Waals surface area contributed by atoms with Gasteiger partial charge in [-0.1, -0.05) is 13.8 Å². The Morgan fingerprint density at radius 2 is 1.87 bits per heavy atom. The topological polar surface area (TPSA) is 68.3 Å². The minimum atomic E-state index is 0.522. The van der Waals surface area contributed by atoms with E-state index in [1.165, 1.54) is 0 Å². The molecule has 0 saturated heterocycles. The highest BCUT2D eigenvalue weighted by molar-refractivity contribution is 5.66. The number of anilines is 3. The zero-order chi connectivity index (χ0) is 16.8. The molecule has 6 nitrogen and oxygen atoms in total. The van der Waals surface area contributed by atoms with Crippen LogP contribution in [0.4, 0.5) is 17.5 Å². The number of benzene rings is 1. The average Bonchev–Trinajstić information content (AvgIpc) is 2.52. The summed E-state index contributed by atoms with van der Waals surface area (Å²) in [4.78, 5) is 8.91. The van der Waals surface area contributed by atoms with Crippen LogP contribution in [-0.4, -0.2) is 30.7 Å². The highest BCUT2D eigenvalue weighted by Crippen LogP contribution is 2.31. The van der Waals surface area contributed by atoms with Gasteiger partial charge in [0.25, 0.3) is 0 Å². The van der Waals surface area contributed by atoms with Gasteiger partial charge in [-0.15, -0.1) is 0 Å². The predicted molar refractivity (Wildman–Crippen MR) is 92.9 cm³/mol. The molecule has 2 N–H and O–H groups in total. The van der Waals surface area contributed by atoms with E-state index < -0.39 is 0 Å². The molecule has 2 rings (SSSR count). The third-order valence-electron chi connectivity index (χ3n) is 3.19. The average molecular weight is 316 g/mol. The Labute approximate surface area is 137 Å². The summed E-state index contributed by atoms with van der Waals surface area (Å²) >= 11 is 0. The summed E-state index contributed by atoms with van der Waals surface area (Å²) in [5, 5.41) is 6.52.